The van der Waals surface area contributed by atoms with E-state index in [4.69, 9.17) is 0 Å². The van der Waals surface area contributed by atoms with Crippen molar-refractivity contribution in [2.75, 3.05) is 17.3 Å². The summed E-state index contributed by atoms with van der Waals surface area (Å²) in [5.41, 5.74) is 2.07. The first-order valence-corrected chi connectivity index (χ1v) is 7.71. The van der Waals surface area contributed by atoms with Crippen LogP contribution in [0.3, 0.4) is 0 Å². The standard InChI is InChI=1S/C18H23N3O/c1-4-14(5-2)18(22)20-17-12-11-16(13-19-17)21(3)15-9-7-6-8-10-15/h6-14H,4-5H2,1-3H3,(H,19,20,22). The monoisotopic (exact) mass is 297 g/mol. The van der Waals surface area contributed by atoms with Crippen molar-refractivity contribution in [3.63, 3.8) is 0 Å². The highest BCUT2D eigenvalue weighted by Crippen LogP contribution is 2.23. The third kappa shape index (κ3) is 3.85. The molecule has 0 fully saturated rings. The number of anilines is 3. The summed E-state index contributed by atoms with van der Waals surface area (Å²) in [6, 6.07) is 13.9. The zero-order valence-corrected chi connectivity index (χ0v) is 13.4. The van der Waals surface area contributed by atoms with Crippen LogP contribution in [0.2, 0.25) is 0 Å². The molecule has 2 rings (SSSR count). The summed E-state index contributed by atoms with van der Waals surface area (Å²) >= 11 is 0. The Hall–Kier alpha value is -2.36. The van der Waals surface area contributed by atoms with Gasteiger partial charge in [-0.25, -0.2) is 4.98 Å². The number of hydrogen-bond donors (Lipinski definition) is 1. The molecule has 1 N–H and O–H groups in total. The minimum atomic E-state index is 0.0432. The molecule has 0 atom stereocenters. The smallest absolute Gasteiger partial charge is 0.228 e. The highest BCUT2D eigenvalue weighted by atomic mass is 16.1. The van der Waals surface area contributed by atoms with Crippen LogP contribution in [-0.4, -0.2) is 17.9 Å². The zero-order valence-electron chi connectivity index (χ0n) is 13.4. The lowest BCUT2D eigenvalue weighted by atomic mass is 10.0. The second-order valence-corrected chi connectivity index (χ2v) is 5.30. The number of aromatic nitrogens is 1. The molecule has 0 radical (unpaired) electrons. The van der Waals surface area contributed by atoms with Crippen LogP contribution in [0.15, 0.2) is 48.7 Å². The quantitative estimate of drug-likeness (QED) is 0.868. The number of amides is 1. The fourth-order valence-corrected chi connectivity index (χ4v) is 2.35. The third-order valence-corrected chi connectivity index (χ3v) is 3.89. The summed E-state index contributed by atoms with van der Waals surface area (Å²) in [6.07, 6.45) is 3.46. The highest BCUT2D eigenvalue weighted by molar-refractivity contribution is 5.91. The molecule has 1 amide bonds. The summed E-state index contributed by atoms with van der Waals surface area (Å²) in [6.45, 7) is 4.05. The van der Waals surface area contributed by atoms with E-state index in [0.717, 1.165) is 24.2 Å². The first-order chi connectivity index (χ1) is 10.7. The molecule has 22 heavy (non-hydrogen) atoms. The Balaban J connectivity index is 2.06. The number of nitrogens with one attached hydrogen (secondary N) is 1. The van der Waals surface area contributed by atoms with Crippen molar-refractivity contribution in [2.45, 2.75) is 26.7 Å². The van der Waals surface area contributed by atoms with Gasteiger partial charge in [0, 0.05) is 18.7 Å². The van der Waals surface area contributed by atoms with Gasteiger partial charge in [0.1, 0.15) is 5.82 Å². The van der Waals surface area contributed by atoms with E-state index >= 15 is 0 Å². The minimum Gasteiger partial charge on any atom is -0.343 e. The van der Waals surface area contributed by atoms with Crippen LogP contribution < -0.4 is 10.2 Å². The molecule has 1 aromatic carbocycles. The number of rotatable bonds is 6. The first kappa shape index (κ1) is 16.0. The van der Waals surface area contributed by atoms with Crippen molar-refractivity contribution < 1.29 is 4.79 Å². The maximum Gasteiger partial charge on any atom is 0.228 e. The van der Waals surface area contributed by atoms with Gasteiger partial charge < -0.3 is 10.2 Å². The van der Waals surface area contributed by atoms with E-state index in [1.165, 1.54) is 0 Å². The van der Waals surface area contributed by atoms with E-state index in [2.05, 4.69) is 15.2 Å². The summed E-state index contributed by atoms with van der Waals surface area (Å²) in [5, 5.41) is 2.88. The Bertz CT molecular complexity index is 591. The van der Waals surface area contributed by atoms with Crippen molar-refractivity contribution in [3.05, 3.63) is 48.7 Å². The summed E-state index contributed by atoms with van der Waals surface area (Å²) < 4.78 is 0. The second-order valence-electron chi connectivity index (χ2n) is 5.30. The fraction of sp³-hybridized carbons (Fsp3) is 0.333. The van der Waals surface area contributed by atoms with Crippen molar-refractivity contribution in [2.24, 2.45) is 5.92 Å². The lowest BCUT2D eigenvalue weighted by molar-refractivity contribution is -0.120. The lowest BCUT2D eigenvalue weighted by Gasteiger charge is -2.19. The van der Waals surface area contributed by atoms with Crippen molar-refractivity contribution in [1.82, 2.24) is 4.98 Å². The zero-order chi connectivity index (χ0) is 15.9. The molecule has 4 heteroatoms. The molecule has 0 spiro atoms. The van der Waals surface area contributed by atoms with E-state index in [9.17, 15) is 4.79 Å². The molecule has 0 bridgehead atoms. The van der Waals surface area contributed by atoms with E-state index in [-0.39, 0.29) is 11.8 Å². The Kier molecular flexibility index (Phi) is 5.53. The summed E-state index contributed by atoms with van der Waals surface area (Å²) in [5.74, 6) is 0.692. The molecule has 1 heterocycles. The van der Waals surface area contributed by atoms with Crippen LogP contribution in [0.1, 0.15) is 26.7 Å². The van der Waals surface area contributed by atoms with Crippen LogP contribution in [0.4, 0.5) is 17.2 Å². The maximum atomic E-state index is 12.1. The van der Waals surface area contributed by atoms with Crippen LogP contribution in [0, 0.1) is 5.92 Å². The van der Waals surface area contributed by atoms with Gasteiger partial charge in [-0.1, -0.05) is 32.0 Å². The molecule has 0 aliphatic heterocycles. The molecule has 0 aliphatic carbocycles. The number of hydrogen-bond acceptors (Lipinski definition) is 3. The molecule has 0 saturated heterocycles. The Morgan fingerprint density at radius 1 is 1.09 bits per heavy atom. The molecular weight excluding hydrogens is 274 g/mol. The molecule has 1 aromatic heterocycles. The number of benzene rings is 1. The number of carbonyl (C=O) groups is 1. The van der Waals surface area contributed by atoms with Gasteiger partial charge in [-0.05, 0) is 37.1 Å². The Morgan fingerprint density at radius 3 is 2.32 bits per heavy atom. The van der Waals surface area contributed by atoms with Gasteiger partial charge in [0.15, 0.2) is 0 Å². The molecular formula is C18H23N3O. The predicted molar refractivity (Wildman–Crippen MR) is 91.4 cm³/mol. The maximum absolute atomic E-state index is 12.1. The summed E-state index contributed by atoms with van der Waals surface area (Å²) in [7, 11) is 1.99. The fourth-order valence-electron chi connectivity index (χ4n) is 2.35. The lowest BCUT2D eigenvalue weighted by Crippen LogP contribution is -2.22. The van der Waals surface area contributed by atoms with Gasteiger partial charge >= 0.3 is 0 Å². The normalized spacial score (nSPS) is 10.5. The topological polar surface area (TPSA) is 45.2 Å². The van der Waals surface area contributed by atoms with Gasteiger partial charge in [0.25, 0.3) is 0 Å². The number of para-hydroxylation sites is 1. The Morgan fingerprint density at radius 2 is 1.77 bits per heavy atom. The van der Waals surface area contributed by atoms with Crippen molar-refractivity contribution in [1.29, 1.82) is 0 Å². The molecule has 0 unspecified atom stereocenters. The van der Waals surface area contributed by atoms with Gasteiger partial charge in [0.2, 0.25) is 5.91 Å². The molecule has 116 valence electrons. The van der Waals surface area contributed by atoms with Crippen molar-refractivity contribution >= 4 is 23.1 Å². The van der Waals surface area contributed by atoms with Crippen LogP contribution >= 0.6 is 0 Å². The highest BCUT2D eigenvalue weighted by Gasteiger charge is 2.14. The SMILES string of the molecule is CCC(CC)C(=O)Nc1ccc(N(C)c2ccccc2)cn1. The predicted octanol–water partition coefficient (Wildman–Crippen LogP) is 4.22. The molecule has 2 aromatic rings. The van der Waals surface area contributed by atoms with E-state index in [1.807, 2.05) is 63.4 Å². The van der Waals surface area contributed by atoms with Gasteiger partial charge in [0.05, 0.1) is 11.9 Å². The van der Waals surface area contributed by atoms with Gasteiger partial charge in [-0.3, -0.25) is 4.79 Å². The van der Waals surface area contributed by atoms with Crippen LogP contribution in [-0.2, 0) is 4.79 Å². The summed E-state index contributed by atoms with van der Waals surface area (Å²) in [4.78, 5) is 18.5. The first-order valence-electron chi connectivity index (χ1n) is 7.71. The van der Waals surface area contributed by atoms with Gasteiger partial charge in [-0.2, -0.15) is 0 Å². The molecule has 0 aliphatic rings. The number of nitrogens with zero attached hydrogens (tertiary/aromatic N) is 2. The average Bonchev–Trinajstić information content (AvgIpc) is 2.57. The van der Waals surface area contributed by atoms with Crippen LogP contribution in [0.5, 0.6) is 0 Å². The largest absolute Gasteiger partial charge is 0.343 e. The van der Waals surface area contributed by atoms with E-state index < -0.39 is 0 Å². The second kappa shape index (κ2) is 7.59. The average molecular weight is 297 g/mol. The van der Waals surface area contributed by atoms with E-state index in [0.29, 0.717) is 5.82 Å². The number of carbonyl (C=O) groups excluding carboxylic acids is 1. The number of pyridine rings is 1. The van der Waals surface area contributed by atoms with E-state index in [1.54, 1.807) is 6.20 Å². The third-order valence-electron chi connectivity index (χ3n) is 3.89. The Labute approximate surface area is 132 Å². The molecule has 4 nitrogen and oxygen atoms in total. The van der Waals surface area contributed by atoms with Crippen LogP contribution in [0.25, 0.3) is 0 Å². The van der Waals surface area contributed by atoms with Gasteiger partial charge in [-0.15, -0.1) is 0 Å². The minimum absolute atomic E-state index is 0.0432. The van der Waals surface area contributed by atoms with Crippen molar-refractivity contribution in [3.8, 4) is 0 Å². The molecule has 0 saturated carbocycles.